The Labute approximate surface area is 140 Å². The average molecular weight is 329 g/mol. The first-order valence-electron chi connectivity index (χ1n) is 7.11. The van der Waals surface area contributed by atoms with Crippen molar-refractivity contribution in [3.8, 4) is 6.07 Å². The molecular weight excluding hydrogens is 312 g/mol. The lowest BCUT2D eigenvalue weighted by Crippen LogP contribution is -2.31. The van der Waals surface area contributed by atoms with Crippen LogP contribution in [0.2, 0.25) is 5.02 Å². The summed E-state index contributed by atoms with van der Waals surface area (Å²) in [6.07, 6.45) is 0. The molecule has 2 rings (SSSR count). The van der Waals surface area contributed by atoms with Crippen LogP contribution in [0.25, 0.3) is 0 Å². The van der Waals surface area contributed by atoms with Crippen molar-refractivity contribution >= 4 is 23.1 Å². The standard InChI is InChI=1S/C18H17ClN2O2/c1-12(22)13-7-8-14(10-20)17(9-13)21-11-18(2,23)15-5-3-4-6-16(15)19/h3-9,21,23H,11H2,1-2H3. The Morgan fingerprint density at radius 2 is 2.04 bits per heavy atom. The Morgan fingerprint density at radius 3 is 2.65 bits per heavy atom. The van der Waals surface area contributed by atoms with E-state index in [1.165, 1.54) is 6.92 Å². The Hall–Kier alpha value is -2.35. The summed E-state index contributed by atoms with van der Waals surface area (Å²) in [5.74, 6) is -0.0876. The van der Waals surface area contributed by atoms with Gasteiger partial charge in [0.1, 0.15) is 11.7 Å². The molecule has 1 unspecified atom stereocenters. The van der Waals surface area contributed by atoms with Crippen LogP contribution < -0.4 is 5.32 Å². The minimum absolute atomic E-state index is 0.0876. The molecule has 0 bridgehead atoms. The fourth-order valence-electron chi connectivity index (χ4n) is 2.27. The lowest BCUT2D eigenvalue weighted by molar-refractivity contribution is 0.0716. The van der Waals surface area contributed by atoms with E-state index in [9.17, 15) is 15.2 Å². The number of Topliss-reactive ketones (excluding diaryl/α,β-unsaturated/α-hetero) is 1. The largest absolute Gasteiger partial charge is 0.384 e. The molecule has 4 nitrogen and oxygen atoms in total. The molecule has 0 aliphatic heterocycles. The zero-order valence-electron chi connectivity index (χ0n) is 12.9. The lowest BCUT2D eigenvalue weighted by atomic mass is 9.95. The van der Waals surface area contributed by atoms with Crippen molar-refractivity contribution < 1.29 is 9.90 Å². The van der Waals surface area contributed by atoms with E-state index < -0.39 is 5.60 Å². The number of benzene rings is 2. The molecule has 2 aromatic carbocycles. The second kappa shape index (κ2) is 6.82. The molecule has 0 aliphatic rings. The van der Waals surface area contributed by atoms with E-state index in [-0.39, 0.29) is 12.3 Å². The number of carbonyl (C=O) groups is 1. The molecule has 23 heavy (non-hydrogen) atoms. The molecule has 0 heterocycles. The number of nitrogens with one attached hydrogen (secondary N) is 1. The summed E-state index contributed by atoms with van der Waals surface area (Å²) < 4.78 is 0. The van der Waals surface area contributed by atoms with Crippen molar-refractivity contribution in [1.82, 2.24) is 0 Å². The maximum absolute atomic E-state index is 11.5. The fraction of sp³-hybridized carbons (Fsp3) is 0.222. The van der Waals surface area contributed by atoms with E-state index in [1.54, 1.807) is 49.4 Å². The van der Waals surface area contributed by atoms with E-state index >= 15 is 0 Å². The van der Waals surface area contributed by atoms with Gasteiger partial charge >= 0.3 is 0 Å². The monoisotopic (exact) mass is 328 g/mol. The molecule has 0 saturated carbocycles. The normalized spacial score (nSPS) is 13.0. The summed E-state index contributed by atoms with van der Waals surface area (Å²) in [6.45, 7) is 3.25. The van der Waals surface area contributed by atoms with Gasteiger partial charge in [0.15, 0.2) is 5.78 Å². The molecule has 0 amide bonds. The van der Waals surface area contributed by atoms with Crippen molar-refractivity contribution in [2.24, 2.45) is 0 Å². The van der Waals surface area contributed by atoms with Gasteiger partial charge in [0.2, 0.25) is 0 Å². The van der Waals surface area contributed by atoms with E-state index in [0.717, 1.165) is 0 Å². The van der Waals surface area contributed by atoms with Gasteiger partial charge in [-0.1, -0.05) is 29.8 Å². The third-order valence-electron chi connectivity index (χ3n) is 3.62. The van der Waals surface area contributed by atoms with Crippen LogP contribution in [0.1, 0.15) is 35.3 Å². The van der Waals surface area contributed by atoms with Gasteiger partial charge in [-0.05, 0) is 38.1 Å². The van der Waals surface area contributed by atoms with Crippen LogP contribution in [0.3, 0.4) is 0 Å². The van der Waals surface area contributed by atoms with E-state index in [2.05, 4.69) is 11.4 Å². The molecule has 5 heteroatoms. The number of nitrogens with zero attached hydrogens (tertiary/aromatic N) is 1. The quantitative estimate of drug-likeness (QED) is 0.820. The minimum atomic E-state index is -1.22. The topological polar surface area (TPSA) is 73.1 Å². The van der Waals surface area contributed by atoms with Gasteiger partial charge in [-0.3, -0.25) is 4.79 Å². The van der Waals surface area contributed by atoms with Gasteiger partial charge in [0.25, 0.3) is 0 Å². The zero-order chi connectivity index (χ0) is 17.0. The highest BCUT2D eigenvalue weighted by Crippen LogP contribution is 2.28. The Kier molecular flexibility index (Phi) is 5.05. The lowest BCUT2D eigenvalue weighted by Gasteiger charge is -2.26. The number of carbonyl (C=O) groups excluding carboxylic acids is 1. The first kappa shape index (κ1) is 17.0. The first-order chi connectivity index (χ1) is 10.8. The van der Waals surface area contributed by atoms with Gasteiger partial charge in [-0.2, -0.15) is 5.26 Å². The van der Waals surface area contributed by atoms with Gasteiger partial charge in [-0.15, -0.1) is 0 Å². The van der Waals surface area contributed by atoms with Crippen molar-refractivity contribution in [3.05, 3.63) is 64.2 Å². The van der Waals surface area contributed by atoms with Crippen LogP contribution >= 0.6 is 11.6 Å². The Balaban J connectivity index is 2.26. The summed E-state index contributed by atoms with van der Waals surface area (Å²) >= 11 is 6.13. The van der Waals surface area contributed by atoms with Crippen LogP contribution in [0.4, 0.5) is 5.69 Å². The second-order valence-corrected chi connectivity index (χ2v) is 5.94. The smallest absolute Gasteiger partial charge is 0.159 e. The van der Waals surface area contributed by atoms with Crippen LogP contribution in [0.5, 0.6) is 0 Å². The molecule has 2 N–H and O–H groups in total. The van der Waals surface area contributed by atoms with E-state index in [0.29, 0.717) is 27.4 Å². The van der Waals surface area contributed by atoms with Gasteiger partial charge in [-0.25, -0.2) is 0 Å². The van der Waals surface area contributed by atoms with Gasteiger partial charge < -0.3 is 10.4 Å². The number of halogens is 1. The maximum Gasteiger partial charge on any atom is 0.159 e. The molecule has 118 valence electrons. The summed E-state index contributed by atoms with van der Waals surface area (Å²) in [7, 11) is 0. The molecular formula is C18H17ClN2O2. The van der Waals surface area contributed by atoms with Gasteiger partial charge in [0.05, 0.1) is 11.3 Å². The number of hydrogen-bond donors (Lipinski definition) is 2. The molecule has 0 aromatic heterocycles. The average Bonchev–Trinajstić information content (AvgIpc) is 2.52. The predicted octanol–water partition coefficient (Wildman–Crippen LogP) is 3.73. The van der Waals surface area contributed by atoms with Crippen LogP contribution in [-0.4, -0.2) is 17.4 Å². The summed E-state index contributed by atoms with van der Waals surface area (Å²) in [5.41, 5.74) is 0.786. The summed E-state index contributed by atoms with van der Waals surface area (Å²) in [5, 5.41) is 23.4. The van der Waals surface area contributed by atoms with E-state index in [4.69, 9.17) is 11.6 Å². The van der Waals surface area contributed by atoms with E-state index in [1.807, 2.05) is 0 Å². The molecule has 1 atom stereocenters. The third kappa shape index (κ3) is 3.89. The van der Waals surface area contributed by atoms with Crippen molar-refractivity contribution in [2.45, 2.75) is 19.4 Å². The Morgan fingerprint density at radius 1 is 1.35 bits per heavy atom. The molecule has 0 fully saturated rings. The molecule has 0 aliphatic carbocycles. The van der Waals surface area contributed by atoms with Gasteiger partial charge in [0, 0.05) is 22.7 Å². The SMILES string of the molecule is CC(=O)c1ccc(C#N)c(NCC(C)(O)c2ccccc2Cl)c1. The van der Waals surface area contributed by atoms with Crippen molar-refractivity contribution in [2.75, 3.05) is 11.9 Å². The number of rotatable bonds is 5. The second-order valence-electron chi connectivity index (χ2n) is 5.54. The highest BCUT2D eigenvalue weighted by Gasteiger charge is 2.25. The highest BCUT2D eigenvalue weighted by atomic mass is 35.5. The van der Waals surface area contributed by atoms with Crippen LogP contribution in [0.15, 0.2) is 42.5 Å². The first-order valence-corrected chi connectivity index (χ1v) is 7.49. The minimum Gasteiger partial charge on any atom is -0.384 e. The number of hydrogen-bond acceptors (Lipinski definition) is 4. The van der Waals surface area contributed by atoms with Crippen LogP contribution in [0, 0.1) is 11.3 Å². The fourth-order valence-corrected chi connectivity index (χ4v) is 2.61. The molecule has 2 aromatic rings. The molecule has 0 spiro atoms. The molecule has 0 radical (unpaired) electrons. The number of aliphatic hydroxyl groups is 1. The molecule has 0 saturated heterocycles. The predicted molar refractivity (Wildman–Crippen MR) is 90.7 cm³/mol. The number of ketones is 1. The van der Waals surface area contributed by atoms with Crippen molar-refractivity contribution in [1.29, 1.82) is 5.26 Å². The third-order valence-corrected chi connectivity index (χ3v) is 3.95. The summed E-state index contributed by atoms with van der Waals surface area (Å²) in [4.78, 5) is 11.5. The van der Waals surface area contributed by atoms with Crippen LogP contribution in [-0.2, 0) is 5.60 Å². The number of nitriles is 1. The Bertz CT molecular complexity index is 779. The highest BCUT2D eigenvalue weighted by molar-refractivity contribution is 6.31. The maximum atomic E-state index is 11.5. The number of anilines is 1. The van der Waals surface area contributed by atoms with Crippen molar-refractivity contribution in [3.63, 3.8) is 0 Å². The summed E-state index contributed by atoms with van der Waals surface area (Å²) in [6, 6.07) is 13.9. The zero-order valence-corrected chi connectivity index (χ0v) is 13.7.